The molecule has 0 radical (unpaired) electrons. The molecule has 0 aromatic heterocycles. The molecule has 1 aliphatic carbocycles. The Kier molecular flexibility index (Phi) is 2.06. The van der Waals surface area contributed by atoms with Crippen LogP contribution in [0.2, 0.25) is 0 Å². The van der Waals surface area contributed by atoms with Crippen molar-refractivity contribution in [3.8, 4) is 0 Å². The zero-order valence-corrected chi connectivity index (χ0v) is 8.53. The van der Waals surface area contributed by atoms with Crippen molar-refractivity contribution in [3.05, 3.63) is 0 Å². The molecule has 1 fully saturated rings. The smallest absolute Gasteiger partial charge is 0.139 e. The van der Waals surface area contributed by atoms with E-state index in [1.807, 2.05) is 0 Å². The number of nitrogens with zero attached hydrogens (tertiary/aromatic N) is 1. The Hall–Kier alpha value is -0.570. The molecule has 4 unspecified atom stereocenters. The van der Waals surface area contributed by atoms with E-state index >= 15 is 0 Å². The minimum Gasteiger partial charge on any atom is -0.391 e. The molecule has 0 aromatic rings. The third kappa shape index (κ3) is 1.26. The van der Waals surface area contributed by atoms with E-state index in [4.69, 9.17) is 10.6 Å². The highest BCUT2D eigenvalue weighted by molar-refractivity contribution is 5.90. The number of oxime groups is 1. The predicted octanol–water partition coefficient (Wildman–Crippen LogP) is 1.38. The van der Waals surface area contributed by atoms with Gasteiger partial charge in [0, 0.05) is 6.04 Å². The fourth-order valence-corrected chi connectivity index (χ4v) is 2.54. The third-order valence-electron chi connectivity index (χ3n) is 3.23. The van der Waals surface area contributed by atoms with Crippen molar-refractivity contribution < 1.29 is 4.84 Å². The van der Waals surface area contributed by atoms with Gasteiger partial charge < -0.3 is 10.6 Å². The van der Waals surface area contributed by atoms with Crippen molar-refractivity contribution in [1.82, 2.24) is 0 Å². The quantitative estimate of drug-likeness (QED) is 0.666. The van der Waals surface area contributed by atoms with Crippen LogP contribution in [0, 0.1) is 17.8 Å². The Morgan fingerprint density at radius 2 is 2.23 bits per heavy atom. The number of nitrogens with two attached hydrogens (primary N) is 1. The molecule has 3 heteroatoms. The van der Waals surface area contributed by atoms with Gasteiger partial charge in [-0.05, 0) is 18.3 Å². The first-order valence-electron chi connectivity index (χ1n) is 5.10. The normalized spacial score (nSPS) is 43.3. The molecular weight excluding hydrogens is 164 g/mol. The predicted molar refractivity (Wildman–Crippen MR) is 52.4 cm³/mol. The lowest BCUT2D eigenvalue weighted by Gasteiger charge is -2.16. The van der Waals surface area contributed by atoms with Crippen LogP contribution in [0.1, 0.15) is 27.2 Å². The Bertz CT molecular complexity index is 237. The molecule has 3 nitrogen and oxygen atoms in total. The number of fused-ring (bicyclic) bond motifs is 1. The highest BCUT2D eigenvalue weighted by atomic mass is 16.6. The summed E-state index contributed by atoms with van der Waals surface area (Å²) >= 11 is 0. The summed E-state index contributed by atoms with van der Waals surface area (Å²) in [6.07, 6.45) is 1.33. The summed E-state index contributed by atoms with van der Waals surface area (Å²) < 4.78 is 0. The van der Waals surface area contributed by atoms with Crippen LogP contribution in [-0.4, -0.2) is 17.9 Å². The van der Waals surface area contributed by atoms with Crippen LogP contribution in [0.4, 0.5) is 0 Å². The minimum absolute atomic E-state index is 0.253. The Balaban J connectivity index is 2.19. The van der Waals surface area contributed by atoms with E-state index in [0.29, 0.717) is 17.8 Å². The molecule has 0 aromatic carbocycles. The van der Waals surface area contributed by atoms with E-state index < -0.39 is 0 Å². The van der Waals surface area contributed by atoms with Gasteiger partial charge in [0.1, 0.15) is 6.10 Å². The third-order valence-corrected chi connectivity index (χ3v) is 3.23. The van der Waals surface area contributed by atoms with Crippen LogP contribution in [0.3, 0.4) is 0 Å². The van der Waals surface area contributed by atoms with Crippen molar-refractivity contribution >= 4 is 5.71 Å². The van der Waals surface area contributed by atoms with Gasteiger partial charge in [-0.15, -0.1) is 0 Å². The molecule has 0 amide bonds. The van der Waals surface area contributed by atoms with Gasteiger partial charge in [0.2, 0.25) is 0 Å². The van der Waals surface area contributed by atoms with Gasteiger partial charge in [-0.25, -0.2) is 0 Å². The Morgan fingerprint density at radius 3 is 2.85 bits per heavy atom. The van der Waals surface area contributed by atoms with E-state index in [-0.39, 0.29) is 12.1 Å². The van der Waals surface area contributed by atoms with Crippen LogP contribution in [0.25, 0.3) is 0 Å². The fraction of sp³-hybridized carbons (Fsp3) is 0.900. The van der Waals surface area contributed by atoms with Gasteiger partial charge in [0.25, 0.3) is 0 Å². The van der Waals surface area contributed by atoms with Crippen molar-refractivity contribution in [1.29, 1.82) is 0 Å². The molecule has 74 valence electrons. The summed E-state index contributed by atoms with van der Waals surface area (Å²) in [5, 5.41) is 4.16. The van der Waals surface area contributed by atoms with Crippen LogP contribution in [-0.2, 0) is 4.84 Å². The van der Waals surface area contributed by atoms with Gasteiger partial charge in [-0.2, -0.15) is 0 Å². The first-order valence-corrected chi connectivity index (χ1v) is 5.10. The largest absolute Gasteiger partial charge is 0.391 e. The van der Waals surface area contributed by atoms with Crippen molar-refractivity contribution in [2.45, 2.75) is 39.3 Å². The van der Waals surface area contributed by atoms with Gasteiger partial charge in [0.15, 0.2) is 0 Å². The Labute approximate surface area is 79.3 Å². The fourth-order valence-electron chi connectivity index (χ4n) is 2.54. The number of hydrogen-bond donors (Lipinski definition) is 1. The molecule has 2 N–H and O–H groups in total. The van der Waals surface area contributed by atoms with Gasteiger partial charge in [-0.1, -0.05) is 25.9 Å². The van der Waals surface area contributed by atoms with Crippen molar-refractivity contribution in [3.63, 3.8) is 0 Å². The second-order valence-electron chi connectivity index (χ2n) is 4.64. The molecule has 13 heavy (non-hydrogen) atoms. The molecule has 1 heterocycles. The molecule has 1 aliphatic heterocycles. The minimum atomic E-state index is 0.253. The first-order chi connectivity index (χ1) is 6.11. The lowest BCUT2D eigenvalue weighted by Crippen LogP contribution is -2.35. The van der Waals surface area contributed by atoms with E-state index in [2.05, 4.69) is 25.9 Å². The second-order valence-corrected chi connectivity index (χ2v) is 4.64. The molecule has 2 rings (SSSR count). The summed E-state index contributed by atoms with van der Waals surface area (Å²) in [5.74, 6) is 1.40. The summed E-state index contributed by atoms with van der Waals surface area (Å²) in [6, 6.07) is 0.253. The summed E-state index contributed by atoms with van der Waals surface area (Å²) in [7, 11) is 0. The van der Waals surface area contributed by atoms with Crippen molar-refractivity contribution in [2.24, 2.45) is 28.6 Å². The molecule has 0 saturated heterocycles. The SMILES string of the molecule is CC(C)C1=NOC2C(C)CC(N)C12. The van der Waals surface area contributed by atoms with E-state index in [9.17, 15) is 0 Å². The number of rotatable bonds is 1. The average molecular weight is 182 g/mol. The molecule has 1 saturated carbocycles. The maximum absolute atomic E-state index is 6.08. The van der Waals surface area contributed by atoms with Gasteiger partial charge in [-0.3, -0.25) is 0 Å². The van der Waals surface area contributed by atoms with Gasteiger partial charge in [0.05, 0.1) is 11.6 Å². The first kappa shape index (κ1) is 9.00. The highest BCUT2D eigenvalue weighted by Gasteiger charge is 2.48. The molecule has 0 bridgehead atoms. The molecule has 2 aliphatic rings. The topological polar surface area (TPSA) is 47.6 Å². The highest BCUT2D eigenvalue weighted by Crippen LogP contribution is 2.39. The zero-order chi connectivity index (χ0) is 9.59. The zero-order valence-electron chi connectivity index (χ0n) is 8.53. The maximum atomic E-state index is 6.08. The summed E-state index contributed by atoms with van der Waals surface area (Å²) in [6.45, 7) is 6.50. The maximum Gasteiger partial charge on any atom is 0.139 e. The van der Waals surface area contributed by atoms with Gasteiger partial charge >= 0.3 is 0 Å². The van der Waals surface area contributed by atoms with Crippen molar-refractivity contribution in [2.75, 3.05) is 0 Å². The van der Waals surface area contributed by atoms with E-state index in [1.54, 1.807) is 0 Å². The molecular formula is C10H18N2O. The Morgan fingerprint density at radius 1 is 1.54 bits per heavy atom. The second kappa shape index (κ2) is 2.98. The monoisotopic (exact) mass is 182 g/mol. The van der Waals surface area contributed by atoms with E-state index in [1.165, 1.54) is 5.71 Å². The standard InChI is InChI=1S/C10H18N2O/c1-5(2)9-8-7(11)4-6(3)10(8)13-12-9/h5-8,10H,4,11H2,1-3H3. The number of hydrogen-bond acceptors (Lipinski definition) is 3. The summed E-state index contributed by atoms with van der Waals surface area (Å²) in [4.78, 5) is 5.44. The van der Waals surface area contributed by atoms with Crippen LogP contribution < -0.4 is 5.73 Å². The lowest BCUT2D eigenvalue weighted by molar-refractivity contribution is 0.0458. The molecule has 0 spiro atoms. The van der Waals surface area contributed by atoms with Crippen LogP contribution in [0.5, 0.6) is 0 Å². The molecule has 4 atom stereocenters. The lowest BCUT2D eigenvalue weighted by atomic mass is 9.89. The van der Waals surface area contributed by atoms with Crippen LogP contribution >= 0.6 is 0 Å². The van der Waals surface area contributed by atoms with Crippen LogP contribution in [0.15, 0.2) is 5.16 Å². The summed E-state index contributed by atoms with van der Waals surface area (Å²) in [5.41, 5.74) is 7.25. The average Bonchev–Trinajstić information content (AvgIpc) is 2.55. The van der Waals surface area contributed by atoms with E-state index in [0.717, 1.165) is 6.42 Å².